The molecule has 2 heterocycles. The van der Waals surface area contributed by atoms with E-state index in [-0.39, 0.29) is 28.0 Å². The molecule has 50 heavy (non-hydrogen) atoms. The number of ether oxygens (including phenoxy) is 4. The second kappa shape index (κ2) is 13.8. The Bertz CT molecular complexity index is 1960. The number of esters is 2. The Hall–Kier alpha value is -5.54. The smallest absolute Gasteiger partial charge is 0.435 e. The maximum Gasteiger partial charge on any atom is 0.435 e. The summed E-state index contributed by atoms with van der Waals surface area (Å²) in [6.45, 7) is 20.6. The van der Waals surface area contributed by atoms with Crippen LogP contribution in [0.1, 0.15) is 104 Å². The van der Waals surface area contributed by atoms with Gasteiger partial charge in [-0.25, -0.2) is 19.2 Å². The number of rotatable bonds is 3. The first-order chi connectivity index (χ1) is 22.7. The summed E-state index contributed by atoms with van der Waals surface area (Å²) >= 11 is 0. The Morgan fingerprint density at radius 3 is 1.34 bits per heavy atom. The molecule has 0 aliphatic heterocycles. The molecule has 4 rings (SSSR count). The highest BCUT2D eigenvalue weighted by Gasteiger charge is 2.30. The van der Waals surface area contributed by atoms with Crippen molar-refractivity contribution in [2.24, 2.45) is 0 Å². The second-order valence-electron chi connectivity index (χ2n) is 15.2. The Kier molecular flexibility index (Phi) is 10.7. The summed E-state index contributed by atoms with van der Waals surface area (Å²) in [5.74, 6) is -1.41. The number of hydrogen-bond donors (Lipinski definition) is 1. The number of hydrogen-bond acceptors (Lipinski definition) is 13. The molecule has 0 atom stereocenters. The van der Waals surface area contributed by atoms with Crippen molar-refractivity contribution in [3.8, 4) is 0 Å². The summed E-state index contributed by atoms with van der Waals surface area (Å²) in [5, 5.41) is 19.7. The van der Waals surface area contributed by atoms with E-state index in [2.05, 4.69) is 10.2 Å². The Balaban J connectivity index is 0.000000271. The molecule has 16 nitrogen and oxygen atoms in total. The number of nitro benzene ring substituents is 1. The van der Waals surface area contributed by atoms with Gasteiger partial charge in [0.15, 0.2) is 11.4 Å². The fourth-order valence-corrected chi connectivity index (χ4v) is 4.20. The van der Waals surface area contributed by atoms with Crippen LogP contribution in [-0.2, 0) is 18.9 Å². The van der Waals surface area contributed by atoms with E-state index in [9.17, 15) is 29.3 Å². The highest BCUT2D eigenvalue weighted by molar-refractivity contribution is 6.06. The van der Waals surface area contributed by atoms with Crippen molar-refractivity contribution in [1.82, 2.24) is 19.6 Å². The van der Waals surface area contributed by atoms with Crippen LogP contribution in [0.2, 0.25) is 0 Å². The number of carbonyl (C=O) groups excluding carboxylic acids is 4. The first-order valence-corrected chi connectivity index (χ1v) is 15.5. The number of nitrogen functional groups attached to an aromatic ring is 1. The Labute approximate surface area is 288 Å². The molecule has 0 aliphatic carbocycles. The fraction of sp³-hybridized carbons (Fsp3) is 0.471. The number of aromatic nitrogens is 4. The van der Waals surface area contributed by atoms with Crippen LogP contribution in [0, 0.1) is 10.1 Å². The zero-order chi connectivity index (χ0) is 38.1. The largest absolute Gasteiger partial charge is 0.455 e. The lowest BCUT2D eigenvalue weighted by Crippen LogP contribution is -2.28. The molecule has 2 aromatic heterocycles. The van der Waals surface area contributed by atoms with Crippen LogP contribution in [0.4, 0.5) is 21.0 Å². The summed E-state index contributed by atoms with van der Waals surface area (Å²) in [6.07, 6.45) is -1.47. The molecule has 0 unspecified atom stereocenters. The lowest BCUT2D eigenvalue weighted by molar-refractivity contribution is -0.384. The highest BCUT2D eigenvalue weighted by atomic mass is 16.6. The normalized spacial score (nSPS) is 12.2. The monoisotopic (exact) mass is 696 g/mol. The topological polar surface area (TPSA) is 210 Å². The van der Waals surface area contributed by atoms with Crippen LogP contribution in [0.5, 0.6) is 0 Å². The number of anilines is 1. The maximum atomic E-state index is 12.5. The number of nitrogens with two attached hydrogens (primary N) is 1. The van der Waals surface area contributed by atoms with Crippen LogP contribution >= 0.6 is 0 Å². The van der Waals surface area contributed by atoms with Gasteiger partial charge >= 0.3 is 24.1 Å². The molecule has 0 amide bonds. The number of non-ortho nitro benzene ring substituents is 1. The van der Waals surface area contributed by atoms with Crippen molar-refractivity contribution in [2.75, 3.05) is 5.73 Å². The van der Waals surface area contributed by atoms with Gasteiger partial charge in [-0.15, -0.1) is 0 Å². The number of fused-ring (bicyclic) bond motifs is 2. The van der Waals surface area contributed by atoms with E-state index in [4.69, 9.17) is 24.7 Å². The molecule has 0 spiro atoms. The molecule has 2 aromatic carbocycles. The molecular formula is C34H44N6O10. The van der Waals surface area contributed by atoms with Crippen molar-refractivity contribution in [1.29, 1.82) is 0 Å². The van der Waals surface area contributed by atoms with Gasteiger partial charge in [0.1, 0.15) is 22.4 Å². The van der Waals surface area contributed by atoms with E-state index in [1.54, 1.807) is 101 Å². The van der Waals surface area contributed by atoms with E-state index >= 15 is 0 Å². The Morgan fingerprint density at radius 1 is 0.620 bits per heavy atom. The van der Waals surface area contributed by atoms with Gasteiger partial charge < -0.3 is 24.7 Å². The van der Waals surface area contributed by atoms with Crippen LogP contribution in [-0.4, -0.2) is 71.0 Å². The van der Waals surface area contributed by atoms with Gasteiger partial charge in [-0.3, -0.25) is 10.1 Å². The van der Waals surface area contributed by atoms with Crippen LogP contribution in [0.3, 0.4) is 0 Å². The van der Waals surface area contributed by atoms with E-state index in [1.807, 2.05) is 0 Å². The SMILES string of the molecule is CC(C)(C)OC(=O)c1nn(C(=O)OC(C)(C)C)c2ccc(N)cc12.CC(C)(C)OC(=O)c1nn(C(=O)OC(C)(C)C)c2ccc([N+](=O)[O-])cc12. The molecule has 0 saturated carbocycles. The third kappa shape index (κ3) is 10.2. The van der Waals surface area contributed by atoms with E-state index < -0.39 is 51.5 Å². The van der Waals surface area contributed by atoms with Crippen molar-refractivity contribution < 1.29 is 43.0 Å². The maximum absolute atomic E-state index is 12.5. The number of nitro groups is 1. The third-order valence-corrected chi connectivity index (χ3v) is 5.90. The molecule has 16 heteroatoms. The van der Waals surface area contributed by atoms with Gasteiger partial charge in [-0.1, -0.05) is 0 Å². The molecule has 0 fully saturated rings. The number of carbonyl (C=O) groups is 4. The lowest BCUT2D eigenvalue weighted by atomic mass is 10.1. The molecule has 0 radical (unpaired) electrons. The minimum Gasteiger partial charge on any atom is -0.455 e. The van der Waals surface area contributed by atoms with Crippen LogP contribution in [0.15, 0.2) is 36.4 Å². The molecule has 0 aliphatic rings. The average molecular weight is 697 g/mol. The standard InChI is InChI=1S/C17H21N3O6.C17H23N3O4/c1-16(2,3)25-14(21)13-11-9-10(20(23)24)7-8-12(11)19(18-13)15(22)26-17(4,5)6;1-16(2,3)23-14(21)13-11-9-10(18)7-8-12(11)20(19-13)15(22)24-17(4,5)6/h7-9H,1-6H3;7-9H,18H2,1-6H3. The first-order valence-electron chi connectivity index (χ1n) is 15.5. The molecule has 0 bridgehead atoms. The van der Waals surface area contributed by atoms with Crippen LogP contribution in [0.25, 0.3) is 21.8 Å². The molecular weight excluding hydrogens is 652 g/mol. The summed E-state index contributed by atoms with van der Waals surface area (Å²) in [7, 11) is 0. The van der Waals surface area contributed by atoms with Crippen molar-refractivity contribution in [3.63, 3.8) is 0 Å². The predicted octanol–water partition coefficient (Wildman–Crippen LogP) is 7.04. The van der Waals surface area contributed by atoms with Gasteiger partial charge in [0, 0.05) is 28.6 Å². The number of nitrogens with zero attached hydrogens (tertiary/aromatic N) is 5. The van der Waals surface area contributed by atoms with Gasteiger partial charge in [0.05, 0.1) is 16.0 Å². The van der Waals surface area contributed by atoms with Gasteiger partial charge in [0.25, 0.3) is 5.69 Å². The quantitative estimate of drug-likeness (QED) is 0.0750. The summed E-state index contributed by atoms with van der Waals surface area (Å²) < 4.78 is 23.2. The lowest BCUT2D eigenvalue weighted by Gasteiger charge is -2.19. The first kappa shape index (κ1) is 38.9. The fourth-order valence-electron chi connectivity index (χ4n) is 4.20. The van der Waals surface area contributed by atoms with Crippen molar-refractivity contribution in [3.05, 3.63) is 57.9 Å². The second-order valence-corrected chi connectivity index (χ2v) is 15.2. The summed E-state index contributed by atoms with van der Waals surface area (Å²) in [6, 6.07) is 8.59. The molecule has 4 aromatic rings. The van der Waals surface area contributed by atoms with Crippen LogP contribution < -0.4 is 5.73 Å². The van der Waals surface area contributed by atoms with Crippen molar-refractivity contribution >= 4 is 57.3 Å². The average Bonchev–Trinajstić information content (AvgIpc) is 3.48. The zero-order valence-electron chi connectivity index (χ0n) is 30.4. The minimum atomic E-state index is -0.800. The molecule has 270 valence electrons. The molecule has 2 N–H and O–H groups in total. The minimum absolute atomic E-state index is 0.0260. The Morgan fingerprint density at radius 2 is 0.980 bits per heavy atom. The number of benzene rings is 2. The zero-order valence-corrected chi connectivity index (χ0v) is 30.4. The van der Waals surface area contributed by atoms with Gasteiger partial charge in [-0.2, -0.15) is 19.6 Å². The summed E-state index contributed by atoms with van der Waals surface area (Å²) in [4.78, 5) is 60.1. The summed E-state index contributed by atoms with van der Waals surface area (Å²) in [5.41, 5.74) is 3.57. The van der Waals surface area contributed by atoms with Crippen molar-refractivity contribution in [2.45, 2.75) is 105 Å². The van der Waals surface area contributed by atoms with Gasteiger partial charge in [0.2, 0.25) is 0 Å². The van der Waals surface area contributed by atoms with Gasteiger partial charge in [-0.05, 0) is 107 Å². The van der Waals surface area contributed by atoms with E-state index in [0.717, 1.165) is 9.36 Å². The van der Waals surface area contributed by atoms with E-state index in [0.29, 0.717) is 16.6 Å². The molecule has 0 saturated heterocycles. The third-order valence-electron chi connectivity index (χ3n) is 5.90. The van der Waals surface area contributed by atoms with E-state index in [1.165, 1.54) is 18.2 Å². The highest BCUT2D eigenvalue weighted by Crippen LogP contribution is 2.27. The predicted molar refractivity (Wildman–Crippen MR) is 184 cm³/mol.